The standard InChI is InChI=1S/C25H28F3N3O/c1-3-4-5-9-14-20-15-10-11-16-22(20)31(2)23-21(25(26,27)28)17-29-24(30-23)32-18-19-12-7-6-8-13-19/h6-8,10-13,15-17H,3-5,9,14,18H2,1-2H3. The summed E-state index contributed by atoms with van der Waals surface area (Å²) in [5, 5.41) is 0. The molecular formula is C25H28F3N3O. The van der Waals surface area contributed by atoms with Gasteiger partial charge in [-0.1, -0.05) is 74.7 Å². The number of aryl methyl sites for hydroxylation is 1. The van der Waals surface area contributed by atoms with Crippen LogP contribution < -0.4 is 9.64 Å². The van der Waals surface area contributed by atoms with Gasteiger partial charge in [-0.05, 0) is 30.0 Å². The Morgan fingerprint density at radius 2 is 1.66 bits per heavy atom. The molecule has 0 saturated heterocycles. The van der Waals surface area contributed by atoms with Crippen LogP contribution in [-0.4, -0.2) is 17.0 Å². The first-order chi connectivity index (χ1) is 15.4. The van der Waals surface area contributed by atoms with E-state index in [0.29, 0.717) is 5.69 Å². The van der Waals surface area contributed by atoms with Crippen molar-refractivity contribution >= 4 is 11.5 Å². The Kier molecular flexibility index (Phi) is 8.09. The summed E-state index contributed by atoms with van der Waals surface area (Å²) in [5.74, 6) is -0.225. The lowest BCUT2D eigenvalue weighted by Crippen LogP contribution is -2.20. The van der Waals surface area contributed by atoms with Gasteiger partial charge in [0.15, 0.2) is 5.82 Å². The van der Waals surface area contributed by atoms with Crippen molar-refractivity contribution in [2.24, 2.45) is 0 Å². The number of rotatable bonds is 10. The summed E-state index contributed by atoms with van der Waals surface area (Å²) < 4.78 is 46.8. The molecule has 4 nitrogen and oxygen atoms in total. The molecule has 0 aliphatic carbocycles. The van der Waals surface area contributed by atoms with Gasteiger partial charge in [0.25, 0.3) is 0 Å². The molecule has 1 heterocycles. The van der Waals surface area contributed by atoms with Gasteiger partial charge in [0.2, 0.25) is 0 Å². The van der Waals surface area contributed by atoms with Crippen molar-refractivity contribution in [2.75, 3.05) is 11.9 Å². The number of para-hydroxylation sites is 1. The molecule has 170 valence electrons. The molecule has 0 aliphatic heterocycles. The molecular weight excluding hydrogens is 415 g/mol. The number of halogens is 3. The quantitative estimate of drug-likeness (QED) is 0.317. The number of unbranched alkanes of at least 4 members (excludes halogenated alkanes) is 3. The molecule has 7 heteroatoms. The smallest absolute Gasteiger partial charge is 0.421 e. The van der Waals surface area contributed by atoms with Crippen molar-refractivity contribution in [3.63, 3.8) is 0 Å². The lowest BCUT2D eigenvalue weighted by atomic mass is 10.0. The van der Waals surface area contributed by atoms with E-state index in [-0.39, 0.29) is 18.4 Å². The van der Waals surface area contributed by atoms with Crippen molar-refractivity contribution in [3.8, 4) is 6.01 Å². The molecule has 0 fully saturated rings. The Balaban J connectivity index is 1.89. The summed E-state index contributed by atoms with van der Waals surface area (Å²) in [4.78, 5) is 9.44. The highest BCUT2D eigenvalue weighted by molar-refractivity contribution is 5.66. The van der Waals surface area contributed by atoms with E-state index < -0.39 is 11.7 Å². The number of hydrogen-bond donors (Lipinski definition) is 0. The molecule has 3 aromatic rings. The number of ether oxygens (including phenoxy) is 1. The highest BCUT2D eigenvalue weighted by Crippen LogP contribution is 2.38. The molecule has 0 unspecified atom stereocenters. The number of hydrogen-bond acceptors (Lipinski definition) is 4. The van der Waals surface area contributed by atoms with Crippen molar-refractivity contribution in [2.45, 2.75) is 51.8 Å². The van der Waals surface area contributed by atoms with Crippen LogP contribution in [0.15, 0.2) is 60.8 Å². The summed E-state index contributed by atoms with van der Waals surface area (Å²) in [6.07, 6.45) is 1.35. The van der Waals surface area contributed by atoms with Gasteiger partial charge in [-0.2, -0.15) is 18.2 Å². The van der Waals surface area contributed by atoms with Crippen molar-refractivity contribution in [1.29, 1.82) is 0 Å². The van der Waals surface area contributed by atoms with Crippen LogP contribution in [0.2, 0.25) is 0 Å². The van der Waals surface area contributed by atoms with Crippen molar-refractivity contribution < 1.29 is 17.9 Å². The summed E-state index contributed by atoms with van der Waals surface area (Å²) in [6.45, 7) is 2.32. The zero-order valence-corrected chi connectivity index (χ0v) is 18.4. The van der Waals surface area contributed by atoms with Gasteiger partial charge in [-0.3, -0.25) is 0 Å². The van der Waals surface area contributed by atoms with Gasteiger partial charge in [0, 0.05) is 18.9 Å². The Morgan fingerprint density at radius 1 is 0.938 bits per heavy atom. The first kappa shape index (κ1) is 23.6. The molecule has 0 bridgehead atoms. The maximum absolute atomic E-state index is 13.7. The minimum Gasteiger partial charge on any atom is -0.459 e. The highest BCUT2D eigenvalue weighted by Gasteiger charge is 2.37. The fraction of sp³-hybridized carbons (Fsp3) is 0.360. The van der Waals surface area contributed by atoms with E-state index in [2.05, 4.69) is 16.9 Å². The zero-order valence-electron chi connectivity index (χ0n) is 18.4. The first-order valence-electron chi connectivity index (χ1n) is 10.8. The Bertz CT molecular complexity index is 993. The normalized spacial score (nSPS) is 11.4. The molecule has 32 heavy (non-hydrogen) atoms. The fourth-order valence-electron chi connectivity index (χ4n) is 3.51. The number of alkyl halides is 3. The third-order valence-electron chi connectivity index (χ3n) is 5.23. The van der Waals surface area contributed by atoms with Crippen LogP contribution in [0.5, 0.6) is 6.01 Å². The summed E-state index contributed by atoms with van der Waals surface area (Å²) >= 11 is 0. The first-order valence-corrected chi connectivity index (χ1v) is 10.8. The molecule has 0 spiro atoms. The van der Waals surface area contributed by atoms with E-state index in [9.17, 15) is 13.2 Å². The molecule has 3 rings (SSSR count). The van der Waals surface area contributed by atoms with Crippen LogP contribution in [0.3, 0.4) is 0 Å². The number of benzene rings is 2. The zero-order chi connectivity index (χ0) is 23.0. The predicted octanol–water partition coefficient (Wildman–Crippen LogP) is 6.97. The van der Waals surface area contributed by atoms with Crippen molar-refractivity contribution in [3.05, 3.63) is 77.5 Å². The number of aromatic nitrogens is 2. The second-order valence-corrected chi connectivity index (χ2v) is 7.66. The van der Waals surface area contributed by atoms with Gasteiger partial charge in [-0.15, -0.1) is 0 Å². The Morgan fingerprint density at radius 3 is 2.38 bits per heavy atom. The number of anilines is 2. The van der Waals surface area contributed by atoms with Crippen LogP contribution in [0.1, 0.15) is 49.3 Å². The summed E-state index contributed by atoms with van der Waals surface area (Å²) in [7, 11) is 1.60. The minimum absolute atomic E-state index is 0.0934. The van der Waals surface area contributed by atoms with Crippen molar-refractivity contribution in [1.82, 2.24) is 9.97 Å². The average Bonchev–Trinajstić information content (AvgIpc) is 2.80. The second kappa shape index (κ2) is 11.0. The third-order valence-corrected chi connectivity index (χ3v) is 5.23. The Labute approximate surface area is 187 Å². The van der Waals surface area contributed by atoms with Gasteiger partial charge < -0.3 is 9.64 Å². The molecule has 1 aromatic heterocycles. The van der Waals surface area contributed by atoms with Gasteiger partial charge >= 0.3 is 12.2 Å². The van der Waals surface area contributed by atoms with E-state index in [1.807, 2.05) is 54.6 Å². The van der Waals surface area contributed by atoms with E-state index in [4.69, 9.17) is 4.74 Å². The van der Waals surface area contributed by atoms with E-state index in [1.165, 1.54) is 4.90 Å². The molecule has 2 aromatic carbocycles. The van der Waals surface area contributed by atoms with Crippen LogP contribution in [-0.2, 0) is 19.2 Å². The van der Waals surface area contributed by atoms with Crippen LogP contribution >= 0.6 is 0 Å². The van der Waals surface area contributed by atoms with Gasteiger partial charge in [0.05, 0.1) is 0 Å². The molecule has 0 atom stereocenters. The van der Waals surface area contributed by atoms with Crippen LogP contribution in [0.25, 0.3) is 0 Å². The largest absolute Gasteiger partial charge is 0.459 e. The monoisotopic (exact) mass is 443 g/mol. The second-order valence-electron chi connectivity index (χ2n) is 7.66. The topological polar surface area (TPSA) is 38.2 Å². The third kappa shape index (κ3) is 6.22. The van der Waals surface area contributed by atoms with E-state index >= 15 is 0 Å². The lowest BCUT2D eigenvalue weighted by molar-refractivity contribution is -0.137. The number of nitrogens with zero attached hydrogens (tertiary/aromatic N) is 3. The summed E-state index contributed by atoms with van der Waals surface area (Å²) in [5.41, 5.74) is 1.67. The minimum atomic E-state index is -4.59. The van der Waals surface area contributed by atoms with Gasteiger partial charge in [0.1, 0.15) is 12.2 Å². The van der Waals surface area contributed by atoms with E-state index in [1.54, 1.807) is 7.05 Å². The molecule has 0 radical (unpaired) electrons. The maximum atomic E-state index is 13.7. The molecule has 0 amide bonds. The van der Waals surface area contributed by atoms with Crippen LogP contribution in [0, 0.1) is 0 Å². The predicted molar refractivity (Wildman–Crippen MR) is 120 cm³/mol. The summed E-state index contributed by atoms with van der Waals surface area (Å²) in [6, 6.07) is 16.8. The van der Waals surface area contributed by atoms with E-state index in [0.717, 1.165) is 49.4 Å². The molecule has 0 saturated carbocycles. The average molecular weight is 444 g/mol. The van der Waals surface area contributed by atoms with Crippen LogP contribution in [0.4, 0.5) is 24.7 Å². The fourth-order valence-corrected chi connectivity index (χ4v) is 3.51. The van der Waals surface area contributed by atoms with Gasteiger partial charge in [-0.25, -0.2) is 4.98 Å². The SMILES string of the molecule is CCCCCCc1ccccc1N(C)c1nc(OCc2ccccc2)ncc1C(F)(F)F. The Hall–Kier alpha value is -3.09. The maximum Gasteiger partial charge on any atom is 0.421 e. The lowest BCUT2D eigenvalue weighted by Gasteiger charge is -2.25. The molecule has 0 aliphatic rings. The highest BCUT2D eigenvalue weighted by atomic mass is 19.4. The molecule has 0 N–H and O–H groups in total.